The van der Waals surface area contributed by atoms with E-state index in [1.54, 1.807) is 6.07 Å². The Kier molecular flexibility index (Phi) is 3.42. The molecule has 2 aromatic carbocycles. The largest absolute Gasteiger partial charge is 0.505 e. The average Bonchev–Trinajstić information content (AvgIpc) is 2.50. The van der Waals surface area contributed by atoms with Crippen molar-refractivity contribution in [1.82, 2.24) is 0 Å². The minimum Gasteiger partial charge on any atom is -0.505 e. The molecule has 1 fully saturated rings. The average molecular weight is 330 g/mol. The molecule has 4 rings (SSSR count). The molecule has 1 N–H and O–H groups in total. The highest BCUT2D eigenvalue weighted by Crippen LogP contribution is 2.48. The molecule has 0 saturated heterocycles. The van der Waals surface area contributed by atoms with E-state index in [-0.39, 0.29) is 11.2 Å². The van der Waals surface area contributed by atoms with Crippen molar-refractivity contribution >= 4 is 17.3 Å². The van der Waals surface area contributed by atoms with Crippen LogP contribution in [0.3, 0.4) is 0 Å². The van der Waals surface area contributed by atoms with Crippen molar-refractivity contribution in [2.45, 2.75) is 31.1 Å². The van der Waals surface area contributed by atoms with Crippen LogP contribution in [0.1, 0.15) is 36.0 Å². The number of hydrogen-bond donors (Lipinski definition) is 1. The molecule has 1 aliphatic carbocycles. The molecule has 0 aromatic heterocycles. The lowest BCUT2D eigenvalue weighted by atomic mass is 9.59. The van der Waals surface area contributed by atoms with Crippen molar-refractivity contribution in [3.05, 3.63) is 63.9 Å². The number of fused-ring (bicyclic) bond motifs is 1. The van der Waals surface area contributed by atoms with Crippen LogP contribution in [0.2, 0.25) is 5.02 Å². The lowest BCUT2D eigenvalue weighted by Crippen LogP contribution is -2.44. The van der Waals surface area contributed by atoms with Crippen LogP contribution in [0, 0.1) is 5.82 Å². The molecule has 23 heavy (non-hydrogen) atoms. The second-order valence-electron chi connectivity index (χ2n) is 6.38. The van der Waals surface area contributed by atoms with Crippen molar-refractivity contribution < 1.29 is 9.50 Å². The van der Waals surface area contributed by atoms with Crippen LogP contribution >= 0.6 is 11.6 Å². The van der Waals surface area contributed by atoms with Gasteiger partial charge in [0.2, 0.25) is 0 Å². The van der Waals surface area contributed by atoms with Crippen LogP contribution in [0.25, 0.3) is 0 Å². The number of phenolic OH excluding ortho intramolecular Hbond substituents is 1. The normalized spacial score (nSPS) is 18.8. The van der Waals surface area contributed by atoms with Gasteiger partial charge in [-0.05, 0) is 54.7 Å². The summed E-state index contributed by atoms with van der Waals surface area (Å²) in [6, 6.07) is 10.9. The predicted molar refractivity (Wildman–Crippen MR) is 90.2 cm³/mol. The number of aliphatic imine (C=N–C) groups is 1. The van der Waals surface area contributed by atoms with Crippen LogP contribution in [0.4, 0.5) is 4.39 Å². The Labute approximate surface area is 139 Å². The van der Waals surface area contributed by atoms with Gasteiger partial charge < -0.3 is 5.11 Å². The van der Waals surface area contributed by atoms with Crippen molar-refractivity contribution in [2.24, 2.45) is 4.99 Å². The third-order valence-corrected chi connectivity index (χ3v) is 5.39. The van der Waals surface area contributed by atoms with Gasteiger partial charge >= 0.3 is 0 Å². The lowest BCUT2D eigenvalue weighted by Gasteiger charge is -2.45. The maximum absolute atomic E-state index is 13.7. The maximum atomic E-state index is 13.7. The first kappa shape index (κ1) is 14.7. The van der Waals surface area contributed by atoms with E-state index in [2.05, 4.69) is 12.1 Å². The summed E-state index contributed by atoms with van der Waals surface area (Å²) in [5.74, 6) is -0.858. The van der Waals surface area contributed by atoms with E-state index in [9.17, 15) is 9.50 Å². The molecule has 0 atom stereocenters. The Balaban J connectivity index is 1.85. The molecule has 118 valence electrons. The van der Waals surface area contributed by atoms with Gasteiger partial charge in [-0.2, -0.15) is 0 Å². The number of phenols is 1. The van der Waals surface area contributed by atoms with Gasteiger partial charge in [-0.25, -0.2) is 4.39 Å². The zero-order valence-corrected chi connectivity index (χ0v) is 13.4. The van der Waals surface area contributed by atoms with Gasteiger partial charge in [0.25, 0.3) is 0 Å². The predicted octanol–water partition coefficient (Wildman–Crippen LogP) is 4.65. The molecular weight excluding hydrogens is 313 g/mol. The number of nitrogens with zero attached hydrogens (tertiary/aromatic N) is 1. The second kappa shape index (κ2) is 5.34. The number of halogens is 2. The minimum atomic E-state index is -0.556. The SMILES string of the molecule is Oc1cc2c(cc1F)CCN=C2C1(c2ccc(Cl)cc2)CCC1. The van der Waals surface area contributed by atoms with E-state index < -0.39 is 5.82 Å². The van der Waals surface area contributed by atoms with Crippen molar-refractivity contribution in [1.29, 1.82) is 0 Å². The van der Waals surface area contributed by atoms with E-state index in [1.165, 1.54) is 11.6 Å². The summed E-state index contributed by atoms with van der Waals surface area (Å²) in [7, 11) is 0. The molecule has 1 aliphatic heterocycles. The Morgan fingerprint density at radius 2 is 1.87 bits per heavy atom. The van der Waals surface area contributed by atoms with Crippen LogP contribution in [-0.4, -0.2) is 17.4 Å². The second-order valence-corrected chi connectivity index (χ2v) is 6.82. The summed E-state index contributed by atoms with van der Waals surface area (Å²) in [5, 5.41) is 10.5. The van der Waals surface area contributed by atoms with Crippen molar-refractivity contribution in [3.63, 3.8) is 0 Å². The first-order chi connectivity index (χ1) is 11.1. The highest BCUT2D eigenvalue weighted by Gasteiger charge is 2.45. The van der Waals surface area contributed by atoms with Crippen LogP contribution < -0.4 is 0 Å². The molecule has 1 saturated carbocycles. The molecular formula is C19H17ClFNO. The molecule has 0 unspecified atom stereocenters. The van der Waals surface area contributed by atoms with Crippen molar-refractivity contribution in [2.75, 3.05) is 6.54 Å². The molecule has 0 amide bonds. The molecule has 2 aromatic rings. The smallest absolute Gasteiger partial charge is 0.165 e. The molecule has 0 spiro atoms. The molecule has 0 radical (unpaired) electrons. The van der Waals surface area contributed by atoms with Crippen molar-refractivity contribution in [3.8, 4) is 5.75 Å². The topological polar surface area (TPSA) is 32.6 Å². The van der Waals surface area contributed by atoms with Crippen LogP contribution in [0.15, 0.2) is 41.4 Å². The summed E-state index contributed by atoms with van der Waals surface area (Å²) in [6.07, 6.45) is 3.90. The van der Waals surface area contributed by atoms with Gasteiger partial charge in [-0.3, -0.25) is 4.99 Å². The molecule has 4 heteroatoms. The van der Waals surface area contributed by atoms with Gasteiger partial charge in [-0.15, -0.1) is 0 Å². The fourth-order valence-electron chi connectivity index (χ4n) is 3.77. The van der Waals surface area contributed by atoms with Gasteiger partial charge in [0.15, 0.2) is 11.6 Å². The molecule has 1 heterocycles. The van der Waals surface area contributed by atoms with E-state index in [1.807, 2.05) is 12.1 Å². The zero-order chi connectivity index (χ0) is 16.0. The number of aromatic hydroxyl groups is 1. The third-order valence-electron chi connectivity index (χ3n) is 5.14. The van der Waals surface area contributed by atoms with Gasteiger partial charge in [0.05, 0.1) is 5.71 Å². The Morgan fingerprint density at radius 3 is 2.52 bits per heavy atom. The molecule has 2 aliphatic rings. The van der Waals surface area contributed by atoms with Gasteiger partial charge in [0, 0.05) is 22.5 Å². The summed E-state index contributed by atoms with van der Waals surface area (Å²) in [4.78, 5) is 4.78. The summed E-state index contributed by atoms with van der Waals surface area (Å²) in [6.45, 7) is 0.669. The Bertz CT molecular complexity index is 794. The first-order valence-corrected chi connectivity index (χ1v) is 8.31. The Hall–Kier alpha value is -1.87. The summed E-state index contributed by atoms with van der Waals surface area (Å²) < 4.78 is 13.7. The fraction of sp³-hybridized carbons (Fsp3) is 0.316. The quantitative estimate of drug-likeness (QED) is 0.854. The lowest BCUT2D eigenvalue weighted by molar-refractivity contribution is 0.339. The van der Waals surface area contributed by atoms with Crippen LogP contribution in [-0.2, 0) is 11.8 Å². The van der Waals surface area contributed by atoms with E-state index in [0.29, 0.717) is 18.0 Å². The fourth-order valence-corrected chi connectivity index (χ4v) is 3.90. The van der Waals surface area contributed by atoms with Gasteiger partial charge in [0.1, 0.15) is 0 Å². The number of benzene rings is 2. The first-order valence-electron chi connectivity index (χ1n) is 7.93. The molecule has 2 nitrogen and oxygen atoms in total. The van der Waals surface area contributed by atoms with E-state index in [4.69, 9.17) is 16.6 Å². The number of rotatable bonds is 2. The van der Waals surface area contributed by atoms with E-state index in [0.717, 1.165) is 36.1 Å². The maximum Gasteiger partial charge on any atom is 0.165 e. The summed E-state index contributed by atoms with van der Waals surface area (Å²) in [5.41, 5.74) is 3.88. The molecule has 0 bridgehead atoms. The highest BCUT2D eigenvalue weighted by atomic mass is 35.5. The number of hydrogen-bond acceptors (Lipinski definition) is 2. The van der Waals surface area contributed by atoms with E-state index >= 15 is 0 Å². The third kappa shape index (κ3) is 2.26. The summed E-state index contributed by atoms with van der Waals surface area (Å²) >= 11 is 6.02. The Morgan fingerprint density at radius 1 is 1.13 bits per heavy atom. The van der Waals surface area contributed by atoms with Gasteiger partial charge in [-0.1, -0.05) is 30.2 Å². The monoisotopic (exact) mass is 329 g/mol. The minimum absolute atomic E-state index is 0.135. The standard InChI is InChI=1S/C19H17ClFNO/c20-14-4-2-13(3-5-14)19(7-1-8-19)18-15-11-17(23)16(21)10-12(15)6-9-22-18/h2-5,10-11,23H,1,6-9H2. The highest BCUT2D eigenvalue weighted by molar-refractivity contribution is 6.30. The zero-order valence-electron chi connectivity index (χ0n) is 12.6. The van der Waals surface area contributed by atoms with Crippen LogP contribution in [0.5, 0.6) is 5.75 Å².